The number of nitriles is 1. The number of benzene rings is 1. The topological polar surface area (TPSA) is 67.2 Å². The molecule has 0 aromatic heterocycles. The predicted molar refractivity (Wildman–Crippen MR) is 54.9 cm³/mol. The van der Waals surface area contributed by atoms with Gasteiger partial charge in [0.15, 0.2) is 0 Å². The summed E-state index contributed by atoms with van der Waals surface area (Å²) in [7, 11) is -2.01. The highest BCUT2D eigenvalue weighted by atomic mass is 32.2. The number of methoxy groups -OCH3 is 1. The van der Waals surface area contributed by atoms with E-state index in [1.165, 1.54) is 19.2 Å². The number of rotatable bonds is 3. The van der Waals surface area contributed by atoms with Crippen molar-refractivity contribution in [1.29, 1.82) is 5.26 Å². The molecule has 0 aliphatic rings. The summed E-state index contributed by atoms with van der Waals surface area (Å²) < 4.78 is 27.9. The fraction of sp³-hybridized carbons (Fsp3) is 0.100. The van der Waals surface area contributed by atoms with E-state index in [2.05, 4.69) is 0 Å². The molecule has 0 heterocycles. The Kier molecular flexibility index (Phi) is 3.47. The molecule has 0 atom stereocenters. The molecule has 15 heavy (non-hydrogen) atoms. The van der Waals surface area contributed by atoms with Crippen molar-refractivity contribution in [2.24, 2.45) is 0 Å². The van der Waals surface area contributed by atoms with E-state index in [0.29, 0.717) is 5.75 Å². The predicted octanol–water partition coefficient (Wildman–Crippen LogP) is 1.51. The highest BCUT2D eigenvalue weighted by molar-refractivity contribution is 7.94. The van der Waals surface area contributed by atoms with Gasteiger partial charge in [0.2, 0.25) is 9.84 Å². The summed E-state index contributed by atoms with van der Waals surface area (Å²) in [6.45, 7) is 0. The maximum absolute atomic E-state index is 11.5. The summed E-state index contributed by atoms with van der Waals surface area (Å²) in [5.41, 5.74) is 0. The normalized spacial score (nSPS) is 11.2. The minimum Gasteiger partial charge on any atom is -0.497 e. The van der Waals surface area contributed by atoms with E-state index < -0.39 is 9.84 Å². The molecular formula is C10H9NO3S. The van der Waals surface area contributed by atoms with E-state index >= 15 is 0 Å². The molecule has 0 radical (unpaired) electrons. The molecule has 0 saturated carbocycles. The third-order valence-corrected chi connectivity index (χ3v) is 3.13. The quantitative estimate of drug-likeness (QED) is 0.728. The van der Waals surface area contributed by atoms with Crippen LogP contribution in [0.3, 0.4) is 0 Å². The lowest BCUT2D eigenvalue weighted by molar-refractivity contribution is 0.414. The summed E-state index contributed by atoms with van der Waals surface area (Å²) in [6.07, 6.45) is 0.930. The average Bonchev–Trinajstić information content (AvgIpc) is 2.26. The van der Waals surface area contributed by atoms with Gasteiger partial charge in [0.25, 0.3) is 0 Å². The van der Waals surface area contributed by atoms with Crippen LogP contribution in [0.1, 0.15) is 0 Å². The Balaban J connectivity index is 3.07. The van der Waals surface area contributed by atoms with Gasteiger partial charge in [-0.25, -0.2) is 8.42 Å². The largest absolute Gasteiger partial charge is 0.497 e. The lowest BCUT2D eigenvalue weighted by Crippen LogP contribution is -1.95. The van der Waals surface area contributed by atoms with Gasteiger partial charge in [-0.05, 0) is 24.3 Å². The van der Waals surface area contributed by atoms with Crippen LogP contribution in [0.2, 0.25) is 0 Å². The first-order valence-electron chi connectivity index (χ1n) is 4.05. The molecule has 0 amide bonds. The van der Waals surface area contributed by atoms with E-state index in [0.717, 1.165) is 11.5 Å². The van der Waals surface area contributed by atoms with Gasteiger partial charge in [0.05, 0.1) is 18.1 Å². The van der Waals surface area contributed by atoms with Crippen LogP contribution in [-0.2, 0) is 9.84 Å². The van der Waals surface area contributed by atoms with Crippen LogP contribution in [0.5, 0.6) is 5.75 Å². The first-order chi connectivity index (χ1) is 7.10. The first-order valence-corrected chi connectivity index (χ1v) is 5.60. The fourth-order valence-electron chi connectivity index (χ4n) is 0.964. The van der Waals surface area contributed by atoms with Gasteiger partial charge in [-0.15, -0.1) is 0 Å². The Morgan fingerprint density at radius 1 is 1.33 bits per heavy atom. The zero-order valence-corrected chi connectivity index (χ0v) is 8.86. The first kappa shape index (κ1) is 11.3. The summed E-state index contributed by atoms with van der Waals surface area (Å²) >= 11 is 0. The Morgan fingerprint density at radius 2 is 1.93 bits per heavy atom. The standard InChI is InChI=1S/C10H9NO3S/c1-14-9-3-5-10(6-4-9)15(12,13)8-2-7-11/h2-6,8H,1H3/b8-2-. The molecule has 0 unspecified atom stereocenters. The van der Waals surface area contributed by atoms with Crippen LogP contribution < -0.4 is 4.74 Å². The van der Waals surface area contributed by atoms with E-state index in [-0.39, 0.29) is 4.90 Å². The molecule has 78 valence electrons. The third kappa shape index (κ3) is 2.82. The molecule has 1 aromatic carbocycles. The van der Waals surface area contributed by atoms with Crippen molar-refractivity contribution >= 4 is 9.84 Å². The van der Waals surface area contributed by atoms with Gasteiger partial charge in [0, 0.05) is 11.5 Å². The molecule has 5 heteroatoms. The van der Waals surface area contributed by atoms with Crippen molar-refractivity contribution < 1.29 is 13.2 Å². The second-order valence-corrected chi connectivity index (χ2v) is 4.49. The Bertz CT molecular complexity index is 494. The summed E-state index contributed by atoms with van der Waals surface area (Å²) in [5.74, 6) is 0.582. The van der Waals surface area contributed by atoms with Gasteiger partial charge in [-0.2, -0.15) is 5.26 Å². The molecule has 0 N–H and O–H groups in total. The van der Waals surface area contributed by atoms with Gasteiger partial charge >= 0.3 is 0 Å². The van der Waals surface area contributed by atoms with Crippen LogP contribution in [0.4, 0.5) is 0 Å². The molecule has 1 rings (SSSR count). The van der Waals surface area contributed by atoms with Crippen molar-refractivity contribution in [2.45, 2.75) is 4.90 Å². The molecule has 4 nitrogen and oxygen atoms in total. The number of sulfone groups is 1. The molecule has 0 spiro atoms. The number of hydrogen-bond acceptors (Lipinski definition) is 4. The van der Waals surface area contributed by atoms with Gasteiger partial charge in [-0.1, -0.05) is 0 Å². The molecule has 0 aliphatic carbocycles. The Hall–Kier alpha value is -1.80. The van der Waals surface area contributed by atoms with E-state index in [4.69, 9.17) is 10.00 Å². The average molecular weight is 223 g/mol. The van der Waals surface area contributed by atoms with Gasteiger partial charge < -0.3 is 4.74 Å². The summed E-state index contributed by atoms with van der Waals surface area (Å²) in [5, 5.41) is 9.11. The fourth-order valence-corrected chi connectivity index (χ4v) is 1.88. The van der Waals surface area contributed by atoms with Crippen molar-refractivity contribution in [1.82, 2.24) is 0 Å². The molecule has 0 saturated heterocycles. The van der Waals surface area contributed by atoms with Crippen molar-refractivity contribution in [2.75, 3.05) is 7.11 Å². The molecule has 1 aromatic rings. The molecule has 0 aliphatic heterocycles. The van der Waals surface area contributed by atoms with Crippen molar-refractivity contribution in [3.05, 3.63) is 35.7 Å². The zero-order chi connectivity index (χ0) is 11.3. The van der Waals surface area contributed by atoms with E-state index in [1.807, 2.05) is 0 Å². The van der Waals surface area contributed by atoms with Gasteiger partial charge in [0.1, 0.15) is 5.75 Å². The lowest BCUT2D eigenvalue weighted by atomic mass is 10.3. The number of nitrogens with zero attached hydrogens (tertiary/aromatic N) is 1. The van der Waals surface area contributed by atoms with Crippen LogP contribution in [-0.4, -0.2) is 15.5 Å². The lowest BCUT2D eigenvalue weighted by Gasteiger charge is -2.01. The Morgan fingerprint density at radius 3 is 2.40 bits per heavy atom. The number of hydrogen-bond donors (Lipinski definition) is 0. The number of ether oxygens (including phenoxy) is 1. The second-order valence-electron chi connectivity index (χ2n) is 2.65. The zero-order valence-electron chi connectivity index (χ0n) is 8.04. The Labute approximate surface area is 88.3 Å². The minimum absolute atomic E-state index is 0.134. The SMILES string of the molecule is COc1ccc(S(=O)(=O)/C=C\C#N)cc1. The van der Waals surface area contributed by atoms with Crippen LogP contribution >= 0.6 is 0 Å². The van der Waals surface area contributed by atoms with E-state index in [9.17, 15) is 8.42 Å². The highest BCUT2D eigenvalue weighted by Crippen LogP contribution is 2.17. The molecule has 0 fully saturated rings. The molecule has 0 bridgehead atoms. The number of allylic oxidation sites excluding steroid dienone is 1. The minimum atomic E-state index is -3.51. The smallest absolute Gasteiger partial charge is 0.200 e. The van der Waals surface area contributed by atoms with Crippen LogP contribution in [0.25, 0.3) is 0 Å². The maximum atomic E-state index is 11.5. The summed E-state index contributed by atoms with van der Waals surface area (Å²) in [4.78, 5) is 0.134. The summed E-state index contributed by atoms with van der Waals surface area (Å²) in [6, 6.07) is 7.58. The monoisotopic (exact) mass is 223 g/mol. The second kappa shape index (κ2) is 4.62. The maximum Gasteiger partial charge on any atom is 0.200 e. The molecular weight excluding hydrogens is 214 g/mol. The van der Waals surface area contributed by atoms with Crippen LogP contribution in [0, 0.1) is 11.3 Å². The van der Waals surface area contributed by atoms with Crippen LogP contribution in [0.15, 0.2) is 40.6 Å². The highest BCUT2D eigenvalue weighted by Gasteiger charge is 2.09. The van der Waals surface area contributed by atoms with Gasteiger partial charge in [-0.3, -0.25) is 0 Å². The van der Waals surface area contributed by atoms with Crippen molar-refractivity contribution in [3.63, 3.8) is 0 Å². The third-order valence-electron chi connectivity index (χ3n) is 1.71. The van der Waals surface area contributed by atoms with E-state index in [1.54, 1.807) is 18.2 Å². The van der Waals surface area contributed by atoms with Crippen molar-refractivity contribution in [3.8, 4) is 11.8 Å².